The van der Waals surface area contributed by atoms with Crippen molar-refractivity contribution in [2.75, 3.05) is 0 Å². The summed E-state index contributed by atoms with van der Waals surface area (Å²) in [5.41, 5.74) is 3.18. The van der Waals surface area contributed by atoms with E-state index in [2.05, 4.69) is 38.7 Å². The first-order valence-electron chi connectivity index (χ1n) is 11.1. The Hall–Kier alpha value is -2.03. The molecular formula is C25H30O3. The van der Waals surface area contributed by atoms with Gasteiger partial charge in [0.15, 0.2) is 0 Å². The van der Waals surface area contributed by atoms with Gasteiger partial charge in [0.05, 0.1) is 5.41 Å². The molecule has 2 aliphatic heterocycles. The second-order valence-electron chi connectivity index (χ2n) is 8.96. The molecule has 0 aromatic rings. The normalized spacial score (nSPS) is 38.4. The van der Waals surface area contributed by atoms with Gasteiger partial charge in [0.2, 0.25) is 0 Å². The van der Waals surface area contributed by atoms with Crippen LogP contribution in [0, 0.1) is 23.2 Å². The number of ether oxygens (including phenoxy) is 2. The standard InChI is InChI=1S/C25H30O3/c1-4-6-8-20-18-11-10-17-16-12-13-25(23(17)22(18)24(26)28-20)19(14-16)15(3)27-21(25)9-7-5-2/h8-9,14,16-17,23H,3-7,10-13H2,1-2H3. The van der Waals surface area contributed by atoms with Crippen LogP contribution in [0.2, 0.25) is 0 Å². The topological polar surface area (TPSA) is 35.5 Å². The van der Waals surface area contributed by atoms with Gasteiger partial charge < -0.3 is 9.47 Å². The molecule has 1 spiro atoms. The maximum atomic E-state index is 13.1. The van der Waals surface area contributed by atoms with Crippen molar-refractivity contribution in [3.8, 4) is 0 Å². The van der Waals surface area contributed by atoms with E-state index in [0.717, 1.165) is 67.8 Å². The SMILES string of the molecule is C=C1OC(=CCCC)C23CCC(C=C12)C1CCC2=C(C(=O)OC2=CCCC)C13. The van der Waals surface area contributed by atoms with Crippen LogP contribution in [0.3, 0.4) is 0 Å². The van der Waals surface area contributed by atoms with Crippen LogP contribution in [-0.2, 0) is 14.3 Å². The molecule has 0 amide bonds. The summed E-state index contributed by atoms with van der Waals surface area (Å²) in [7, 11) is 0. The fourth-order valence-electron chi connectivity index (χ4n) is 6.41. The minimum Gasteiger partial charge on any atom is -0.461 e. The maximum Gasteiger partial charge on any atom is 0.340 e. The lowest BCUT2D eigenvalue weighted by Gasteiger charge is -2.54. The summed E-state index contributed by atoms with van der Waals surface area (Å²) in [5.74, 6) is 3.78. The van der Waals surface area contributed by atoms with Crippen molar-refractivity contribution in [1.29, 1.82) is 0 Å². The number of rotatable bonds is 4. The largest absolute Gasteiger partial charge is 0.461 e. The van der Waals surface area contributed by atoms with Gasteiger partial charge in [0, 0.05) is 22.6 Å². The molecule has 2 fully saturated rings. The van der Waals surface area contributed by atoms with Crippen LogP contribution in [0.25, 0.3) is 0 Å². The monoisotopic (exact) mass is 378 g/mol. The number of unbranched alkanes of at least 4 members (excludes halogenated alkanes) is 2. The Bertz CT molecular complexity index is 868. The van der Waals surface area contributed by atoms with Crippen LogP contribution < -0.4 is 0 Å². The summed E-state index contributed by atoms with van der Waals surface area (Å²) in [6.07, 6.45) is 15.2. The lowest BCUT2D eigenvalue weighted by molar-refractivity contribution is -0.134. The Morgan fingerprint density at radius 2 is 1.96 bits per heavy atom. The van der Waals surface area contributed by atoms with E-state index >= 15 is 0 Å². The number of hydrogen-bond donors (Lipinski definition) is 0. The molecule has 0 aromatic heterocycles. The number of hydrogen-bond acceptors (Lipinski definition) is 3. The van der Waals surface area contributed by atoms with Gasteiger partial charge in [-0.15, -0.1) is 0 Å². The molecule has 28 heavy (non-hydrogen) atoms. The lowest BCUT2D eigenvalue weighted by Crippen LogP contribution is -2.50. The molecule has 2 heterocycles. The Kier molecular flexibility index (Phi) is 4.19. The molecule has 3 heteroatoms. The van der Waals surface area contributed by atoms with Gasteiger partial charge in [-0.2, -0.15) is 0 Å². The summed E-state index contributed by atoms with van der Waals surface area (Å²) < 4.78 is 12.1. The fraction of sp³-hybridized carbons (Fsp3) is 0.560. The molecule has 4 aliphatic carbocycles. The highest BCUT2D eigenvalue weighted by molar-refractivity contribution is 5.96. The molecule has 6 aliphatic rings. The first kappa shape index (κ1) is 18.0. The zero-order valence-corrected chi connectivity index (χ0v) is 17.1. The molecule has 148 valence electrons. The number of carbonyl (C=O) groups excluding carboxylic acids is 1. The van der Waals surface area contributed by atoms with E-state index < -0.39 is 0 Å². The van der Waals surface area contributed by atoms with Gasteiger partial charge in [-0.1, -0.05) is 39.3 Å². The minimum atomic E-state index is -0.202. The number of carbonyl (C=O) groups is 1. The molecule has 3 nitrogen and oxygen atoms in total. The zero-order valence-electron chi connectivity index (χ0n) is 17.1. The van der Waals surface area contributed by atoms with Crippen LogP contribution in [0.15, 0.2) is 58.8 Å². The van der Waals surface area contributed by atoms with Gasteiger partial charge >= 0.3 is 5.97 Å². The quantitative estimate of drug-likeness (QED) is 0.553. The van der Waals surface area contributed by atoms with Crippen LogP contribution in [0.5, 0.6) is 0 Å². The third kappa shape index (κ3) is 2.25. The fourth-order valence-corrected chi connectivity index (χ4v) is 6.41. The van der Waals surface area contributed by atoms with Gasteiger partial charge in [0.25, 0.3) is 0 Å². The summed E-state index contributed by atoms with van der Waals surface area (Å²) in [5, 5.41) is 0. The third-order valence-corrected chi connectivity index (χ3v) is 7.54. The molecule has 0 radical (unpaired) electrons. The second-order valence-corrected chi connectivity index (χ2v) is 8.96. The molecule has 1 saturated carbocycles. The molecule has 0 aromatic carbocycles. The van der Waals surface area contributed by atoms with Gasteiger partial charge in [0.1, 0.15) is 17.3 Å². The number of cyclic esters (lactones) is 1. The second kappa shape index (κ2) is 6.50. The molecule has 4 atom stereocenters. The smallest absolute Gasteiger partial charge is 0.340 e. The Morgan fingerprint density at radius 1 is 1.18 bits per heavy atom. The van der Waals surface area contributed by atoms with Crippen LogP contribution >= 0.6 is 0 Å². The average Bonchev–Trinajstić information content (AvgIpc) is 3.19. The van der Waals surface area contributed by atoms with E-state index in [1.54, 1.807) is 0 Å². The van der Waals surface area contributed by atoms with Gasteiger partial charge in [-0.25, -0.2) is 4.79 Å². The van der Waals surface area contributed by atoms with Crippen molar-refractivity contribution < 1.29 is 14.3 Å². The highest BCUT2D eigenvalue weighted by Gasteiger charge is 2.64. The Balaban J connectivity index is 1.68. The Morgan fingerprint density at radius 3 is 2.75 bits per heavy atom. The third-order valence-electron chi connectivity index (χ3n) is 7.54. The van der Waals surface area contributed by atoms with E-state index in [-0.39, 0.29) is 17.3 Å². The first-order chi connectivity index (χ1) is 13.6. The summed E-state index contributed by atoms with van der Waals surface area (Å²) in [4.78, 5) is 13.1. The molecular weight excluding hydrogens is 348 g/mol. The van der Waals surface area contributed by atoms with E-state index in [1.807, 2.05) is 0 Å². The summed E-state index contributed by atoms with van der Waals surface area (Å²) >= 11 is 0. The van der Waals surface area contributed by atoms with Crippen molar-refractivity contribution in [2.24, 2.45) is 23.2 Å². The van der Waals surface area contributed by atoms with Crippen molar-refractivity contribution in [1.82, 2.24) is 0 Å². The van der Waals surface area contributed by atoms with Crippen molar-refractivity contribution in [3.05, 3.63) is 58.8 Å². The van der Waals surface area contributed by atoms with Gasteiger partial charge in [-0.05, 0) is 62.5 Å². The van der Waals surface area contributed by atoms with E-state index in [0.29, 0.717) is 11.8 Å². The highest BCUT2D eigenvalue weighted by Crippen LogP contribution is 2.70. The van der Waals surface area contributed by atoms with Crippen molar-refractivity contribution in [3.63, 3.8) is 0 Å². The summed E-state index contributed by atoms with van der Waals surface area (Å²) in [6, 6.07) is 0. The van der Waals surface area contributed by atoms with Crippen LogP contribution in [-0.4, -0.2) is 5.97 Å². The first-order valence-corrected chi connectivity index (χ1v) is 11.1. The highest BCUT2D eigenvalue weighted by atomic mass is 16.5. The average molecular weight is 379 g/mol. The minimum absolute atomic E-state index is 0.110. The van der Waals surface area contributed by atoms with Crippen molar-refractivity contribution in [2.45, 2.75) is 65.2 Å². The van der Waals surface area contributed by atoms with Crippen LogP contribution in [0.4, 0.5) is 0 Å². The predicted molar refractivity (Wildman–Crippen MR) is 109 cm³/mol. The van der Waals surface area contributed by atoms with Crippen molar-refractivity contribution >= 4 is 5.97 Å². The number of esters is 1. The summed E-state index contributed by atoms with van der Waals surface area (Å²) in [6.45, 7) is 8.58. The molecule has 0 N–H and O–H groups in total. The van der Waals surface area contributed by atoms with E-state index in [1.165, 1.54) is 17.6 Å². The molecule has 4 unspecified atom stereocenters. The predicted octanol–water partition coefficient (Wildman–Crippen LogP) is 6.11. The number of allylic oxidation sites excluding steroid dienone is 6. The van der Waals surface area contributed by atoms with E-state index in [9.17, 15) is 4.79 Å². The van der Waals surface area contributed by atoms with E-state index in [4.69, 9.17) is 9.47 Å². The van der Waals surface area contributed by atoms with Gasteiger partial charge in [-0.3, -0.25) is 0 Å². The Labute approximate surface area is 167 Å². The zero-order chi connectivity index (χ0) is 19.5. The lowest BCUT2D eigenvalue weighted by atomic mass is 9.46. The number of fused-ring (bicyclic) bond motifs is 1. The van der Waals surface area contributed by atoms with Crippen LogP contribution in [0.1, 0.15) is 65.2 Å². The molecule has 6 rings (SSSR count). The molecule has 2 bridgehead atoms. The maximum absolute atomic E-state index is 13.1. The molecule has 1 saturated heterocycles.